The monoisotopic (exact) mass is 156 g/mol. The van der Waals surface area contributed by atoms with Gasteiger partial charge in [0, 0.05) is 25.7 Å². The van der Waals surface area contributed by atoms with E-state index in [0.717, 1.165) is 32.8 Å². The van der Waals surface area contributed by atoms with Gasteiger partial charge >= 0.3 is 0 Å². The van der Waals surface area contributed by atoms with E-state index in [1.807, 2.05) is 0 Å². The van der Waals surface area contributed by atoms with Gasteiger partial charge in [0.15, 0.2) is 0 Å². The van der Waals surface area contributed by atoms with Crippen molar-refractivity contribution < 1.29 is 4.74 Å². The third-order valence-corrected chi connectivity index (χ3v) is 2.71. The van der Waals surface area contributed by atoms with Gasteiger partial charge in [-0.15, -0.1) is 0 Å². The maximum absolute atomic E-state index is 5.63. The van der Waals surface area contributed by atoms with E-state index in [-0.39, 0.29) is 0 Å². The first-order valence-electron chi connectivity index (χ1n) is 4.48. The normalized spacial score (nSPS) is 39.0. The number of ether oxygens (including phenoxy) is 1. The maximum atomic E-state index is 5.63. The van der Waals surface area contributed by atoms with Crippen LogP contribution in [-0.2, 0) is 4.74 Å². The van der Waals surface area contributed by atoms with Crippen molar-refractivity contribution in [2.24, 2.45) is 0 Å². The van der Waals surface area contributed by atoms with E-state index in [4.69, 9.17) is 4.74 Å². The molecule has 3 nitrogen and oxygen atoms in total. The number of rotatable bonds is 1. The molecule has 2 fully saturated rings. The number of fused-ring (bicyclic) bond motifs is 1. The molecule has 0 radical (unpaired) electrons. The Morgan fingerprint density at radius 1 is 1.55 bits per heavy atom. The summed E-state index contributed by atoms with van der Waals surface area (Å²) in [5, 5.41) is 3.36. The summed E-state index contributed by atoms with van der Waals surface area (Å²) >= 11 is 0. The predicted molar refractivity (Wildman–Crippen MR) is 43.6 cm³/mol. The summed E-state index contributed by atoms with van der Waals surface area (Å²) in [4.78, 5) is 2.51. The van der Waals surface area contributed by atoms with Gasteiger partial charge in [0.05, 0.1) is 12.7 Å². The lowest BCUT2D eigenvalue weighted by molar-refractivity contribution is -0.0446. The van der Waals surface area contributed by atoms with Crippen LogP contribution < -0.4 is 5.32 Å². The van der Waals surface area contributed by atoms with Crippen molar-refractivity contribution in [2.45, 2.75) is 19.1 Å². The third kappa shape index (κ3) is 1.28. The fourth-order valence-corrected chi connectivity index (χ4v) is 2.05. The van der Waals surface area contributed by atoms with Gasteiger partial charge < -0.3 is 10.1 Å². The highest BCUT2D eigenvalue weighted by molar-refractivity contribution is 4.91. The summed E-state index contributed by atoms with van der Waals surface area (Å²) in [5.74, 6) is 0. The standard InChI is InChI=1S/C8H16N2O/c1-2-10-3-4-11-8-6-9-5-7(8)10/h7-9H,2-6H2,1H3/t7-,8-/m1/s1. The fourth-order valence-electron chi connectivity index (χ4n) is 2.05. The number of nitrogens with zero attached hydrogens (tertiary/aromatic N) is 1. The van der Waals surface area contributed by atoms with E-state index in [9.17, 15) is 0 Å². The highest BCUT2D eigenvalue weighted by Gasteiger charge is 2.34. The zero-order valence-electron chi connectivity index (χ0n) is 7.05. The molecule has 2 saturated heterocycles. The number of hydrogen-bond acceptors (Lipinski definition) is 3. The van der Waals surface area contributed by atoms with Crippen LogP contribution >= 0.6 is 0 Å². The maximum Gasteiger partial charge on any atom is 0.0867 e. The average molecular weight is 156 g/mol. The minimum atomic E-state index is 0.462. The van der Waals surface area contributed by atoms with Crippen molar-refractivity contribution in [1.29, 1.82) is 0 Å². The number of likely N-dealkylation sites (N-methyl/N-ethyl adjacent to an activating group) is 1. The molecular formula is C8H16N2O. The molecule has 64 valence electrons. The van der Waals surface area contributed by atoms with Gasteiger partial charge in [-0.2, -0.15) is 0 Å². The van der Waals surface area contributed by atoms with Gasteiger partial charge in [0.25, 0.3) is 0 Å². The summed E-state index contributed by atoms with van der Waals surface area (Å²) in [5.41, 5.74) is 0. The van der Waals surface area contributed by atoms with E-state index in [2.05, 4.69) is 17.1 Å². The molecule has 2 rings (SSSR count). The Hall–Kier alpha value is -0.120. The van der Waals surface area contributed by atoms with Crippen LogP contribution in [0.1, 0.15) is 6.92 Å². The second-order valence-electron chi connectivity index (χ2n) is 3.26. The van der Waals surface area contributed by atoms with Gasteiger partial charge in [0.1, 0.15) is 0 Å². The van der Waals surface area contributed by atoms with E-state index >= 15 is 0 Å². The first-order valence-corrected chi connectivity index (χ1v) is 4.48. The van der Waals surface area contributed by atoms with Crippen LogP contribution in [0, 0.1) is 0 Å². The minimum Gasteiger partial charge on any atom is -0.374 e. The smallest absolute Gasteiger partial charge is 0.0867 e. The van der Waals surface area contributed by atoms with E-state index in [1.54, 1.807) is 0 Å². The molecule has 0 saturated carbocycles. The molecule has 1 N–H and O–H groups in total. The Balaban J connectivity index is 2.00. The van der Waals surface area contributed by atoms with Crippen LogP contribution in [0.3, 0.4) is 0 Å². The van der Waals surface area contributed by atoms with Crippen LogP contribution in [0.5, 0.6) is 0 Å². The summed E-state index contributed by atoms with van der Waals surface area (Å²) in [6, 6.07) is 0.647. The number of nitrogens with one attached hydrogen (secondary N) is 1. The second-order valence-corrected chi connectivity index (χ2v) is 3.26. The van der Waals surface area contributed by atoms with Crippen molar-refractivity contribution in [1.82, 2.24) is 10.2 Å². The molecule has 2 atom stereocenters. The van der Waals surface area contributed by atoms with Crippen LogP contribution in [0.2, 0.25) is 0 Å². The van der Waals surface area contributed by atoms with Gasteiger partial charge in [-0.05, 0) is 6.54 Å². The predicted octanol–water partition coefficient (Wildman–Crippen LogP) is -0.321. The molecule has 0 aliphatic carbocycles. The Kier molecular flexibility index (Phi) is 2.11. The van der Waals surface area contributed by atoms with Gasteiger partial charge in [-0.1, -0.05) is 6.92 Å². The Morgan fingerprint density at radius 2 is 2.45 bits per heavy atom. The molecule has 3 heteroatoms. The highest BCUT2D eigenvalue weighted by Crippen LogP contribution is 2.16. The molecule has 2 aliphatic heterocycles. The number of morpholine rings is 1. The molecule has 2 heterocycles. The summed E-state index contributed by atoms with van der Waals surface area (Å²) in [6.45, 7) is 7.56. The van der Waals surface area contributed by atoms with E-state index in [0.29, 0.717) is 12.1 Å². The summed E-state index contributed by atoms with van der Waals surface area (Å²) < 4.78 is 5.63. The van der Waals surface area contributed by atoms with Gasteiger partial charge in [0.2, 0.25) is 0 Å². The lowest BCUT2D eigenvalue weighted by Crippen LogP contribution is -2.50. The lowest BCUT2D eigenvalue weighted by atomic mass is 10.1. The van der Waals surface area contributed by atoms with Crippen molar-refractivity contribution >= 4 is 0 Å². The molecule has 2 aliphatic rings. The topological polar surface area (TPSA) is 24.5 Å². The molecule has 0 bridgehead atoms. The largest absolute Gasteiger partial charge is 0.374 e. The highest BCUT2D eigenvalue weighted by atomic mass is 16.5. The quantitative estimate of drug-likeness (QED) is 0.563. The Labute approximate surface area is 67.7 Å². The van der Waals surface area contributed by atoms with Crippen molar-refractivity contribution in [2.75, 3.05) is 32.8 Å². The SMILES string of the molecule is CCN1CCO[C@@H]2CNC[C@H]21. The zero-order valence-corrected chi connectivity index (χ0v) is 7.05. The molecule has 0 unspecified atom stereocenters. The van der Waals surface area contributed by atoms with Crippen LogP contribution in [0.25, 0.3) is 0 Å². The Bertz CT molecular complexity index is 140. The average Bonchev–Trinajstić information content (AvgIpc) is 2.50. The second kappa shape index (κ2) is 3.09. The molecule has 0 amide bonds. The van der Waals surface area contributed by atoms with Crippen LogP contribution in [0.4, 0.5) is 0 Å². The van der Waals surface area contributed by atoms with E-state index in [1.165, 1.54) is 0 Å². The minimum absolute atomic E-state index is 0.462. The lowest BCUT2D eigenvalue weighted by Gasteiger charge is -2.36. The van der Waals surface area contributed by atoms with Gasteiger partial charge in [-0.25, -0.2) is 0 Å². The molecule has 0 aromatic heterocycles. The molecule has 0 aromatic carbocycles. The molecule has 11 heavy (non-hydrogen) atoms. The zero-order chi connectivity index (χ0) is 7.68. The summed E-state index contributed by atoms with van der Waals surface area (Å²) in [7, 11) is 0. The third-order valence-electron chi connectivity index (χ3n) is 2.71. The molecular weight excluding hydrogens is 140 g/mol. The fraction of sp³-hybridized carbons (Fsp3) is 1.00. The van der Waals surface area contributed by atoms with Crippen LogP contribution in [-0.4, -0.2) is 49.8 Å². The Morgan fingerprint density at radius 3 is 3.27 bits per heavy atom. The molecule has 0 aromatic rings. The first kappa shape index (κ1) is 7.53. The van der Waals surface area contributed by atoms with Crippen LogP contribution in [0.15, 0.2) is 0 Å². The summed E-state index contributed by atoms with van der Waals surface area (Å²) in [6.07, 6.45) is 0.462. The van der Waals surface area contributed by atoms with E-state index < -0.39 is 0 Å². The molecule has 0 spiro atoms. The van der Waals surface area contributed by atoms with Crippen molar-refractivity contribution in [3.8, 4) is 0 Å². The van der Waals surface area contributed by atoms with Gasteiger partial charge in [-0.3, -0.25) is 4.90 Å². The van der Waals surface area contributed by atoms with Crippen molar-refractivity contribution in [3.63, 3.8) is 0 Å². The van der Waals surface area contributed by atoms with Crippen molar-refractivity contribution in [3.05, 3.63) is 0 Å². The number of hydrogen-bond donors (Lipinski definition) is 1. The first-order chi connectivity index (χ1) is 5.42.